The van der Waals surface area contributed by atoms with Gasteiger partial charge in [0.15, 0.2) is 5.41 Å². The third kappa shape index (κ3) is 2.36. The molecule has 2 aliphatic heterocycles. The molecule has 2 unspecified atom stereocenters. The van der Waals surface area contributed by atoms with Gasteiger partial charge >= 0.3 is 0 Å². The first-order valence-corrected chi connectivity index (χ1v) is 9.96. The van der Waals surface area contributed by atoms with Crippen LogP contribution in [0, 0.1) is 56.7 Å². The first-order valence-electron chi connectivity index (χ1n) is 9.20. The predicted molar refractivity (Wildman–Crippen MR) is 105 cm³/mol. The van der Waals surface area contributed by atoms with Crippen LogP contribution >= 0.6 is 23.2 Å². The van der Waals surface area contributed by atoms with Crippen LogP contribution in [0.5, 0.6) is 0 Å². The predicted octanol–water partition coefficient (Wildman–Crippen LogP) is 2.89. The molecule has 6 atom stereocenters. The fourth-order valence-electron chi connectivity index (χ4n) is 5.47. The number of fused-ring (bicyclic) bond motifs is 4. The summed E-state index contributed by atoms with van der Waals surface area (Å²) in [6.45, 7) is 0. The first kappa shape index (κ1) is 19.0. The van der Waals surface area contributed by atoms with Gasteiger partial charge in [0.05, 0.1) is 47.1 Å². The number of nitrogens with zero attached hydrogens (tertiary/aromatic N) is 3. The highest BCUT2D eigenvalue weighted by molar-refractivity contribution is 6.42. The summed E-state index contributed by atoms with van der Waals surface area (Å²) < 4.78 is 0. The monoisotopic (exact) mass is 410 g/mol. The minimum absolute atomic E-state index is 0.127. The SMILES string of the molecule is C[NH+]1[C@H]2C=C3C(C#N)C(=N)C(C#N)(C#N)[C@@H](c4ccc(Cl)c(Cl)c4)[C@@H]3[C@@H]1CC2. The van der Waals surface area contributed by atoms with E-state index in [-0.39, 0.29) is 17.7 Å². The number of likely N-dealkylation sites (N-methyl/N-ethyl adjacent to an activating group) is 1. The van der Waals surface area contributed by atoms with Crippen molar-refractivity contribution in [3.05, 3.63) is 45.5 Å². The molecule has 1 aromatic carbocycles. The second kappa shape index (κ2) is 6.61. The molecule has 2 heterocycles. The zero-order valence-corrected chi connectivity index (χ0v) is 16.7. The first-order chi connectivity index (χ1) is 13.4. The van der Waals surface area contributed by atoms with Gasteiger partial charge in [0.2, 0.25) is 0 Å². The lowest BCUT2D eigenvalue weighted by Gasteiger charge is -2.48. The maximum Gasteiger partial charge on any atom is 0.189 e. The Labute approximate surface area is 173 Å². The van der Waals surface area contributed by atoms with Gasteiger partial charge in [0, 0.05) is 24.7 Å². The Kier molecular flexibility index (Phi) is 4.48. The van der Waals surface area contributed by atoms with E-state index in [0.29, 0.717) is 21.7 Å². The highest BCUT2D eigenvalue weighted by Gasteiger charge is 2.62. The summed E-state index contributed by atoms with van der Waals surface area (Å²) in [5, 5.41) is 39.4. The van der Waals surface area contributed by atoms with Crippen LogP contribution in [0.4, 0.5) is 0 Å². The van der Waals surface area contributed by atoms with Crippen molar-refractivity contribution in [2.45, 2.75) is 30.8 Å². The van der Waals surface area contributed by atoms with Crippen molar-refractivity contribution in [2.75, 3.05) is 7.05 Å². The summed E-state index contributed by atoms with van der Waals surface area (Å²) in [6.07, 6.45) is 4.08. The molecule has 1 aliphatic carbocycles. The third-order valence-corrected chi connectivity index (χ3v) is 7.57. The van der Waals surface area contributed by atoms with E-state index < -0.39 is 17.3 Å². The molecular formula is C21H18Cl2N5+. The minimum Gasteiger partial charge on any atom is -0.329 e. The van der Waals surface area contributed by atoms with Crippen molar-refractivity contribution >= 4 is 28.9 Å². The van der Waals surface area contributed by atoms with Gasteiger partial charge in [0.1, 0.15) is 12.0 Å². The van der Waals surface area contributed by atoms with Crippen molar-refractivity contribution in [1.29, 1.82) is 21.2 Å². The van der Waals surface area contributed by atoms with E-state index in [1.807, 2.05) is 0 Å². The van der Waals surface area contributed by atoms with Crippen molar-refractivity contribution in [2.24, 2.45) is 17.3 Å². The summed E-state index contributed by atoms with van der Waals surface area (Å²) in [7, 11) is 2.13. The molecule has 5 nitrogen and oxygen atoms in total. The molecule has 1 saturated heterocycles. The van der Waals surface area contributed by atoms with Crippen molar-refractivity contribution < 1.29 is 4.90 Å². The highest BCUT2D eigenvalue weighted by Crippen LogP contribution is 2.55. The van der Waals surface area contributed by atoms with Gasteiger partial charge in [-0.25, -0.2) is 0 Å². The number of hydrogen-bond donors (Lipinski definition) is 2. The molecule has 3 aliphatic rings. The molecule has 4 rings (SSSR count). The van der Waals surface area contributed by atoms with Crippen molar-refractivity contribution in [3.8, 4) is 18.2 Å². The van der Waals surface area contributed by atoms with Crippen molar-refractivity contribution in [1.82, 2.24) is 0 Å². The Morgan fingerprint density at radius 2 is 1.86 bits per heavy atom. The standard InChI is InChI=1S/C21H17Cl2N5/c1-28-12-3-5-17(28)18-13(7-12)14(8-24)20(27)21(9-25,10-26)19(18)11-2-4-15(22)16(23)6-11/h2,4,6-7,12,14,17-19,27H,3,5H2,1H3/p+1/t12-,14?,17+,18+,19+/m1/s1. The second-order valence-corrected chi connectivity index (χ2v) is 8.70. The molecule has 0 spiro atoms. The van der Waals surface area contributed by atoms with Crippen LogP contribution in [0.3, 0.4) is 0 Å². The average molecular weight is 411 g/mol. The molecular weight excluding hydrogens is 393 g/mol. The Morgan fingerprint density at radius 3 is 2.46 bits per heavy atom. The van der Waals surface area contributed by atoms with Crippen LogP contribution in [0.15, 0.2) is 29.8 Å². The lowest BCUT2D eigenvalue weighted by molar-refractivity contribution is -0.916. The number of halogens is 2. The fraction of sp³-hybridized carbons (Fsp3) is 0.429. The van der Waals surface area contributed by atoms with Crippen LogP contribution in [0.1, 0.15) is 24.3 Å². The van der Waals surface area contributed by atoms with E-state index in [0.717, 1.165) is 18.4 Å². The molecule has 0 amide bonds. The van der Waals surface area contributed by atoms with Gasteiger partial charge in [0.25, 0.3) is 0 Å². The summed E-state index contributed by atoms with van der Waals surface area (Å²) in [5.74, 6) is -1.58. The quantitative estimate of drug-likeness (QED) is 0.695. The van der Waals surface area contributed by atoms with Crippen LogP contribution in [0.2, 0.25) is 10.0 Å². The number of nitriles is 3. The lowest BCUT2D eigenvalue weighted by atomic mass is 9.53. The molecule has 2 N–H and O–H groups in total. The number of quaternary nitrogens is 1. The van der Waals surface area contributed by atoms with Crippen LogP contribution < -0.4 is 4.90 Å². The Bertz CT molecular complexity index is 1010. The number of hydrogen-bond acceptors (Lipinski definition) is 4. The van der Waals surface area contributed by atoms with Gasteiger partial charge in [-0.05, 0) is 29.3 Å². The van der Waals surface area contributed by atoms with E-state index in [4.69, 9.17) is 28.6 Å². The molecule has 28 heavy (non-hydrogen) atoms. The summed E-state index contributed by atoms with van der Waals surface area (Å²) in [5.41, 5.74) is -0.233. The van der Waals surface area contributed by atoms with E-state index in [1.165, 1.54) is 4.90 Å². The minimum atomic E-state index is -1.71. The Balaban J connectivity index is 2.01. The molecule has 2 bridgehead atoms. The summed E-state index contributed by atoms with van der Waals surface area (Å²) >= 11 is 12.4. The molecule has 2 fully saturated rings. The zero-order valence-electron chi connectivity index (χ0n) is 15.2. The topological polar surface area (TPSA) is 99.7 Å². The lowest BCUT2D eigenvalue weighted by Crippen LogP contribution is -3.15. The van der Waals surface area contributed by atoms with Gasteiger partial charge < -0.3 is 10.3 Å². The maximum atomic E-state index is 10.1. The van der Waals surface area contributed by atoms with Gasteiger partial charge in [-0.2, -0.15) is 15.8 Å². The largest absolute Gasteiger partial charge is 0.329 e. The summed E-state index contributed by atoms with van der Waals surface area (Å²) in [4.78, 5) is 1.34. The Morgan fingerprint density at radius 1 is 1.14 bits per heavy atom. The molecule has 1 aromatic rings. The van der Waals surface area contributed by atoms with Gasteiger partial charge in [-0.15, -0.1) is 0 Å². The maximum absolute atomic E-state index is 10.1. The third-order valence-electron chi connectivity index (χ3n) is 6.83. The van der Waals surface area contributed by atoms with Gasteiger partial charge in [-0.3, -0.25) is 0 Å². The highest BCUT2D eigenvalue weighted by atomic mass is 35.5. The Hall–Kier alpha value is -2.36. The van der Waals surface area contributed by atoms with E-state index >= 15 is 0 Å². The van der Waals surface area contributed by atoms with Crippen LogP contribution in [-0.2, 0) is 0 Å². The normalized spacial score (nSPS) is 35.1. The molecule has 7 heteroatoms. The smallest absolute Gasteiger partial charge is 0.189 e. The summed E-state index contributed by atoms with van der Waals surface area (Å²) in [6, 6.07) is 12.1. The van der Waals surface area contributed by atoms with E-state index in [9.17, 15) is 15.8 Å². The number of nitrogens with one attached hydrogen (secondary N) is 2. The molecule has 0 radical (unpaired) electrons. The molecule has 140 valence electrons. The molecule has 0 aromatic heterocycles. The van der Waals surface area contributed by atoms with Crippen LogP contribution in [0.25, 0.3) is 0 Å². The average Bonchev–Trinajstić information content (AvgIpc) is 2.93. The van der Waals surface area contributed by atoms with E-state index in [1.54, 1.807) is 18.2 Å². The number of benzene rings is 1. The van der Waals surface area contributed by atoms with Crippen LogP contribution in [-0.4, -0.2) is 24.8 Å². The van der Waals surface area contributed by atoms with E-state index in [2.05, 4.69) is 31.3 Å². The van der Waals surface area contributed by atoms with Gasteiger partial charge in [-0.1, -0.05) is 29.3 Å². The zero-order chi connectivity index (χ0) is 20.2. The van der Waals surface area contributed by atoms with Crippen molar-refractivity contribution in [3.63, 3.8) is 0 Å². The molecule has 1 saturated carbocycles. The number of rotatable bonds is 1. The second-order valence-electron chi connectivity index (χ2n) is 7.89. The fourth-order valence-corrected chi connectivity index (χ4v) is 5.78.